The summed E-state index contributed by atoms with van der Waals surface area (Å²) >= 11 is 6.08. The fourth-order valence-electron chi connectivity index (χ4n) is 2.25. The van der Waals surface area contributed by atoms with Crippen LogP contribution >= 0.6 is 11.6 Å². The van der Waals surface area contributed by atoms with Crippen molar-refractivity contribution in [1.82, 2.24) is 19.3 Å². The Morgan fingerprint density at radius 1 is 1.30 bits per heavy atom. The number of carbonyl (C=O) groups excluding carboxylic acids is 1. The van der Waals surface area contributed by atoms with Crippen LogP contribution in [0.15, 0.2) is 55.3 Å². The first-order valence-electron chi connectivity index (χ1n) is 7.21. The average molecular weight is 327 g/mol. The van der Waals surface area contributed by atoms with Gasteiger partial charge in [-0.15, -0.1) is 0 Å². The molecule has 2 aromatic heterocycles. The van der Waals surface area contributed by atoms with Crippen LogP contribution < -0.4 is 0 Å². The van der Waals surface area contributed by atoms with Crippen LogP contribution in [-0.4, -0.2) is 25.1 Å². The summed E-state index contributed by atoms with van der Waals surface area (Å²) in [5, 5.41) is 4.67. The highest BCUT2D eigenvalue weighted by atomic mass is 35.5. The Morgan fingerprint density at radius 3 is 2.74 bits per heavy atom. The SMILES string of the molecule is CCn1ncc(Cl)c1/C=C/C(=O)c1ccc(-n2ccnc2)cc1. The molecule has 1 aromatic carbocycles. The fraction of sp³-hybridized carbons (Fsp3) is 0.118. The van der Waals surface area contributed by atoms with Crippen molar-refractivity contribution >= 4 is 23.5 Å². The van der Waals surface area contributed by atoms with Gasteiger partial charge >= 0.3 is 0 Å². The molecule has 3 rings (SSSR count). The van der Waals surface area contributed by atoms with Gasteiger partial charge < -0.3 is 4.57 Å². The van der Waals surface area contributed by atoms with Gasteiger partial charge in [0.1, 0.15) is 0 Å². The maximum absolute atomic E-state index is 12.3. The van der Waals surface area contributed by atoms with E-state index in [2.05, 4.69) is 10.1 Å². The first kappa shape index (κ1) is 15.2. The normalized spacial score (nSPS) is 11.2. The number of carbonyl (C=O) groups is 1. The van der Waals surface area contributed by atoms with Gasteiger partial charge in [-0.1, -0.05) is 11.6 Å². The lowest BCUT2D eigenvalue weighted by molar-refractivity contribution is 0.104. The Hall–Kier alpha value is -2.66. The standard InChI is InChI=1S/C17H15ClN4O/c1-2-22-16(15(18)11-20-22)7-8-17(23)13-3-5-14(6-4-13)21-10-9-19-12-21/h3-12H,2H2,1H3/b8-7+. The molecule has 0 unspecified atom stereocenters. The van der Waals surface area contributed by atoms with E-state index in [-0.39, 0.29) is 5.78 Å². The van der Waals surface area contributed by atoms with E-state index in [9.17, 15) is 4.79 Å². The molecule has 23 heavy (non-hydrogen) atoms. The van der Waals surface area contributed by atoms with Crippen LogP contribution in [0.3, 0.4) is 0 Å². The molecule has 5 nitrogen and oxygen atoms in total. The van der Waals surface area contributed by atoms with Gasteiger partial charge in [0.15, 0.2) is 5.78 Å². The lowest BCUT2D eigenvalue weighted by Crippen LogP contribution is -2.00. The van der Waals surface area contributed by atoms with E-state index >= 15 is 0 Å². The number of ketones is 1. The smallest absolute Gasteiger partial charge is 0.185 e. The molecule has 116 valence electrons. The van der Waals surface area contributed by atoms with Gasteiger partial charge in [0.05, 0.1) is 23.2 Å². The minimum absolute atomic E-state index is 0.0814. The molecule has 3 aromatic rings. The second-order valence-electron chi connectivity index (χ2n) is 4.91. The van der Waals surface area contributed by atoms with E-state index in [0.717, 1.165) is 11.4 Å². The number of hydrogen-bond acceptors (Lipinski definition) is 3. The molecule has 0 fully saturated rings. The number of benzene rings is 1. The molecule has 0 atom stereocenters. The Bertz CT molecular complexity index is 832. The number of aromatic nitrogens is 4. The maximum atomic E-state index is 12.3. The number of halogens is 1. The van der Waals surface area contributed by atoms with E-state index in [1.54, 1.807) is 41.6 Å². The fourth-order valence-corrected chi connectivity index (χ4v) is 2.45. The van der Waals surface area contributed by atoms with Crippen molar-refractivity contribution < 1.29 is 4.79 Å². The Labute approximate surface area is 138 Å². The summed E-state index contributed by atoms with van der Waals surface area (Å²) in [6, 6.07) is 7.35. The zero-order chi connectivity index (χ0) is 16.2. The zero-order valence-electron chi connectivity index (χ0n) is 12.6. The van der Waals surface area contributed by atoms with E-state index in [0.29, 0.717) is 17.1 Å². The van der Waals surface area contributed by atoms with Crippen molar-refractivity contribution in [3.63, 3.8) is 0 Å². The highest BCUT2D eigenvalue weighted by Gasteiger charge is 2.07. The van der Waals surface area contributed by atoms with Gasteiger partial charge in [-0.05, 0) is 43.3 Å². The maximum Gasteiger partial charge on any atom is 0.185 e. The summed E-state index contributed by atoms with van der Waals surface area (Å²) in [5.41, 5.74) is 2.30. The molecule has 0 aliphatic heterocycles. The number of aryl methyl sites for hydroxylation is 1. The van der Waals surface area contributed by atoms with Crippen molar-refractivity contribution in [2.75, 3.05) is 0 Å². The first-order valence-corrected chi connectivity index (χ1v) is 7.59. The molecule has 0 N–H and O–H groups in total. The van der Waals surface area contributed by atoms with Crippen LogP contribution in [0.2, 0.25) is 5.02 Å². The summed E-state index contributed by atoms with van der Waals surface area (Å²) in [5.74, 6) is -0.0814. The molecule has 0 saturated carbocycles. The van der Waals surface area contributed by atoms with Crippen LogP contribution in [0.4, 0.5) is 0 Å². The van der Waals surface area contributed by atoms with Crippen LogP contribution in [0.1, 0.15) is 23.0 Å². The second-order valence-corrected chi connectivity index (χ2v) is 5.32. The van der Waals surface area contributed by atoms with Crippen molar-refractivity contribution in [2.45, 2.75) is 13.5 Å². The summed E-state index contributed by atoms with van der Waals surface area (Å²) in [7, 11) is 0. The topological polar surface area (TPSA) is 52.7 Å². The highest BCUT2D eigenvalue weighted by molar-refractivity contribution is 6.31. The number of allylic oxidation sites excluding steroid dienone is 1. The molecule has 2 heterocycles. The van der Waals surface area contributed by atoms with E-state index in [1.165, 1.54) is 6.08 Å². The number of nitrogens with zero attached hydrogens (tertiary/aromatic N) is 4. The minimum Gasteiger partial charge on any atom is -0.306 e. The van der Waals surface area contributed by atoms with Crippen LogP contribution in [0.25, 0.3) is 11.8 Å². The van der Waals surface area contributed by atoms with Gasteiger partial charge in [-0.2, -0.15) is 5.10 Å². The van der Waals surface area contributed by atoms with Crippen molar-refractivity contribution in [2.24, 2.45) is 0 Å². The van der Waals surface area contributed by atoms with Crippen LogP contribution in [0, 0.1) is 0 Å². The lowest BCUT2D eigenvalue weighted by Gasteiger charge is -2.03. The predicted octanol–water partition coefficient (Wildman–Crippen LogP) is 3.64. The quantitative estimate of drug-likeness (QED) is 0.531. The number of rotatable bonds is 5. The average Bonchev–Trinajstić information content (AvgIpc) is 3.22. The molecule has 0 bridgehead atoms. The summed E-state index contributed by atoms with van der Waals surface area (Å²) in [4.78, 5) is 16.3. The third-order valence-electron chi connectivity index (χ3n) is 3.48. The molecule has 0 aliphatic rings. The van der Waals surface area contributed by atoms with Crippen LogP contribution in [0.5, 0.6) is 0 Å². The monoisotopic (exact) mass is 326 g/mol. The molecule has 0 spiro atoms. The summed E-state index contributed by atoms with van der Waals surface area (Å²) in [6.07, 6.45) is 10.1. The molecular weight excluding hydrogens is 312 g/mol. The highest BCUT2D eigenvalue weighted by Crippen LogP contribution is 2.17. The summed E-state index contributed by atoms with van der Waals surface area (Å²) in [6.45, 7) is 2.66. The molecule has 0 saturated heterocycles. The number of imidazole rings is 1. The molecule has 6 heteroatoms. The van der Waals surface area contributed by atoms with Crippen molar-refractivity contribution in [3.05, 3.63) is 71.5 Å². The van der Waals surface area contributed by atoms with Gasteiger partial charge in [0, 0.05) is 30.2 Å². The van der Waals surface area contributed by atoms with Gasteiger partial charge in [0.25, 0.3) is 0 Å². The zero-order valence-corrected chi connectivity index (χ0v) is 13.3. The van der Waals surface area contributed by atoms with Crippen molar-refractivity contribution in [1.29, 1.82) is 0 Å². The second kappa shape index (κ2) is 6.62. The van der Waals surface area contributed by atoms with Gasteiger partial charge in [0.2, 0.25) is 0 Å². The molecule has 0 radical (unpaired) electrons. The molecule has 0 aliphatic carbocycles. The third kappa shape index (κ3) is 3.24. The summed E-state index contributed by atoms with van der Waals surface area (Å²) < 4.78 is 3.62. The van der Waals surface area contributed by atoms with E-state index < -0.39 is 0 Å². The third-order valence-corrected chi connectivity index (χ3v) is 3.77. The largest absolute Gasteiger partial charge is 0.306 e. The van der Waals surface area contributed by atoms with Crippen LogP contribution in [-0.2, 0) is 6.54 Å². The molecular formula is C17H15ClN4O. The Kier molecular flexibility index (Phi) is 4.39. The first-order chi connectivity index (χ1) is 11.2. The van der Waals surface area contributed by atoms with E-state index in [4.69, 9.17) is 11.6 Å². The van der Waals surface area contributed by atoms with Gasteiger partial charge in [-0.25, -0.2) is 4.98 Å². The minimum atomic E-state index is -0.0814. The molecule has 0 amide bonds. The van der Waals surface area contributed by atoms with Gasteiger partial charge in [-0.3, -0.25) is 9.48 Å². The Morgan fingerprint density at radius 2 is 2.09 bits per heavy atom. The van der Waals surface area contributed by atoms with E-state index in [1.807, 2.05) is 29.8 Å². The Balaban J connectivity index is 1.78. The number of hydrogen-bond donors (Lipinski definition) is 0. The predicted molar refractivity (Wildman–Crippen MR) is 89.8 cm³/mol. The van der Waals surface area contributed by atoms with Crippen molar-refractivity contribution in [3.8, 4) is 5.69 Å². The lowest BCUT2D eigenvalue weighted by atomic mass is 10.1.